The van der Waals surface area contributed by atoms with Gasteiger partial charge in [-0.15, -0.1) is 0 Å². The molecule has 0 amide bonds. The summed E-state index contributed by atoms with van der Waals surface area (Å²) in [5.74, 6) is 1.25. The number of nitrogens with two attached hydrogens (primary N) is 1. The van der Waals surface area contributed by atoms with Crippen molar-refractivity contribution in [2.24, 2.45) is 11.1 Å². The van der Waals surface area contributed by atoms with Crippen LogP contribution in [0.4, 0.5) is 0 Å². The van der Waals surface area contributed by atoms with Gasteiger partial charge in [-0.3, -0.25) is 0 Å². The topological polar surface area (TPSA) is 29.3 Å². The molecule has 1 heterocycles. The van der Waals surface area contributed by atoms with E-state index in [0.29, 0.717) is 4.75 Å². The minimum Gasteiger partial charge on any atom is -0.327 e. The van der Waals surface area contributed by atoms with Crippen LogP contribution < -0.4 is 5.73 Å². The molecule has 0 aliphatic carbocycles. The zero-order valence-corrected chi connectivity index (χ0v) is 11.7. The maximum absolute atomic E-state index is 6.02. The van der Waals surface area contributed by atoms with Crippen LogP contribution in [0.5, 0.6) is 0 Å². The molecule has 15 heavy (non-hydrogen) atoms. The second-order valence-corrected chi connectivity index (χ2v) is 7.90. The number of nitrogens with zero attached hydrogens (tertiary/aromatic N) is 1. The van der Waals surface area contributed by atoms with Crippen molar-refractivity contribution in [3.8, 4) is 0 Å². The molecule has 1 aliphatic rings. The van der Waals surface area contributed by atoms with Gasteiger partial charge in [-0.1, -0.05) is 13.8 Å². The van der Waals surface area contributed by atoms with Crippen LogP contribution in [0.15, 0.2) is 0 Å². The first kappa shape index (κ1) is 13.3. The van der Waals surface area contributed by atoms with E-state index in [4.69, 9.17) is 5.73 Å². The third kappa shape index (κ3) is 3.97. The van der Waals surface area contributed by atoms with Crippen LogP contribution in [-0.2, 0) is 0 Å². The molecule has 1 atom stereocenters. The molecule has 1 unspecified atom stereocenters. The van der Waals surface area contributed by atoms with Gasteiger partial charge in [-0.05, 0) is 26.2 Å². The first-order valence-corrected chi connectivity index (χ1v) is 6.83. The fraction of sp³-hybridized carbons (Fsp3) is 1.00. The number of thioether (sulfide) groups is 1. The van der Waals surface area contributed by atoms with Crippen molar-refractivity contribution >= 4 is 11.8 Å². The average Bonchev–Trinajstić information content (AvgIpc) is 2.00. The maximum Gasteiger partial charge on any atom is 0.0231 e. The molecular formula is C12H26N2S. The van der Waals surface area contributed by atoms with E-state index in [1.54, 1.807) is 0 Å². The summed E-state index contributed by atoms with van der Waals surface area (Å²) in [7, 11) is 0. The molecule has 3 heteroatoms. The standard InChI is InChI=1S/C12H26N2S/c1-10(13)11(2,3)8-14-6-7-15-12(4,5)9-14/h10H,6-9,13H2,1-5H3. The van der Waals surface area contributed by atoms with E-state index < -0.39 is 0 Å². The summed E-state index contributed by atoms with van der Waals surface area (Å²) in [6, 6.07) is 0.259. The summed E-state index contributed by atoms with van der Waals surface area (Å²) in [4.78, 5) is 2.57. The van der Waals surface area contributed by atoms with Crippen LogP contribution in [0.1, 0.15) is 34.6 Å². The molecule has 1 fully saturated rings. The van der Waals surface area contributed by atoms with Gasteiger partial charge < -0.3 is 10.6 Å². The third-order valence-electron chi connectivity index (χ3n) is 3.37. The molecule has 1 saturated heterocycles. The Labute approximate surface area is 99.0 Å². The molecule has 0 aromatic carbocycles. The van der Waals surface area contributed by atoms with Gasteiger partial charge in [-0.25, -0.2) is 0 Å². The fourth-order valence-electron chi connectivity index (χ4n) is 1.97. The molecule has 2 nitrogen and oxygen atoms in total. The van der Waals surface area contributed by atoms with Crippen molar-refractivity contribution in [2.45, 2.75) is 45.4 Å². The first-order valence-electron chi connectivity index (χ1n) is 5.85. The number of hydrogen-bond acceptors (Lipinski definition) is 3. The molecule has 0 spiro atoms. The summed E-state index contributed by atoms with van der Waals surface area (Å²) >= 11 is 2.09. The van der Waals surface area contributed by atoms with Crippen LogP contribution in [0.25, 0.3) is 0 Å². The van der Waals surface area contributed by atoms with Crippen LogP contribution in [-0.4, -0.2) is 41.1 Å². The molecule has 0 radical (unpaired) electrons. The zero-order chi connectivity index (χ0) is 11.7. The van der Waals surface area contributed by atoms with Gasteiger partial charge in [0, 0.05) is 36.2 Å². The lowest BCUT2D eigenvalue weighted by molar-refractivity contribution is 0.152. The highest BCUT2D eigenvalue weighted by atomic mass is 32.2. The van der Waals surface area contributed by atoms with E-state index in [0.717, 1.165) is 6.54 Å². The normalized spacial score (nSPS) is 25.2. The molecule has 1 rings (SSSR count). The van der Waals surface area contributed by atoms with Gasteiger partial charge in [0.2, 0.25) is 0 Å². The average molecular weight is 230 g/mol. The molecule has 0 aromatic rings. The Morgan fingerprint density at radius 3 is 2.53 bits per heavy atom. The summed E-state index contributed by atoms with van der Waals surface area (Å²) in [6.45, 7) is 14.8. The van der Waals surface area contributed by atoms with Crippen molar-refractivity contribution in [2.75, 3.05) is 25.4 Å². The largest absolute Gasteiger partial charge is 0.327 e. The number of hydrogen-bond donors (Lipinski definition) is 1. The summed E-state index contributed by atoms with van der Waals surface area (Å²) in [6.07, 6.45) is 0. The van der Waals surface area contributed by atoms with E-state index >= 15 is 0 Å². The second kappa shape index (κ2) is 4.64. The summed E-state index contributed by atoms with van der Waals surface area (Å²) < 4.78 is 0.409. The van der Waals surface area contributed by atoms with Gasteiger partial charge in [0.1, 0.15) is 0 Å². The van der Waals surface area contributed by atoms with Crippen LogP contribution in [0.3, 0.4) is 0 Å². The van der Waals surface area contributed by atoms with Gasteiger partial charge in [0.05, 0.1) is 0 Å². The molecule has 0 bridgehead atoms. The summed E-state index contributed by atoms with van der Waals surface area (Å²) in [5.41, 5.74) is 6.24. The Morgan fingerprint density at radius 1 is 1.47 bits per heavy atom. The number of rotatable bonds is 3. The van der Waals surface area contributed by atoms with Gasteiger partial charge in [0.15, 0.2) is 0 Å². The third-order valence-corrected chi connectivity index (χ3v) is 4.67. The Bertz CT molecular complexity index is 212. The first-order chi connectivity index (χ1) is 6.73. The van der Waals surface area contributed by atoms with Crippen molar-refractivity contribution in [1.29, 1.82) is 0 Å². The van der Waals surface area contributed by atoms with Crippen LogP contribution in [0, 0.1) is 5.41 Å². The Kier molecular flexibility index (Phi) is 4.13. The highest BCUT2D eigenvalue weighted by molar-refractivity contribution is 8.00. The lowest BCUT2D eigenvalue weighted by Gasteiger charge is -2.42. The Hall–Kier alpha value is 0.270. The molecule has 0 saturated carbocycles. The predicted octanol–water partition coefficient (Wildman–Crippen LogP) is 2.19. The van der Waals surface area contributed by atoms with Crippen molar-refractivity contribution in [3.05, 3.63) is 0 Å². The SMILES string of the molecule is CC(N)C(C)(C)CN1CCSC(C)(C)C1. The van der Waals surface area contributed by atoms with E-state index in [1.165, 1.54) is 18.8 Å². The maximum atomic E-state index is 6.02. The van der Waals surface area contributed by atoms with Gasteiger partial charge in [0.25, 0.3) is 0 Å². The monoisotopic (exact) mass is 230 g/mol. The highest BCUT2D eigenvalue weighted by Crippen LogP contribution is 2.31. The minimum atomic E-state index is 0.220. The van der Waals surface area contributed by atoms with E-state index in [9.17, 15) is 0 Å². The molecular weight excluding hydrogens is 204 g/mol. The predicted molar refractivity (Wildman–Crippen MR) is 70.4 cm³/mol. The quantitative estimate of drug-likeness (QED) is 0.806. The lowest BCUT2D eigenvalue weighted by atomic mass is 9.85. The smallest absolute Gasteiger partial charge is 0.0231 e. The van der Waals surface area contributed by atoms with Gasteiger partial charge in [-0.2, -0.15) is 11.8 Å². The molecule has 0 aromatic heterocycles. The highest BCUT2D eigenvalue weighted by Gasteiger charge is 2.32. The zero-order valence-electron chi connectivity index (χ0n) is 10.8. The molecule has 90 valence electrons. The van der Waals surface area contributed by atoms with Gasteiger partial charge >= 0.3 is 0 Å². The Morgan fingerprint density at radius 2 is 2.07 bits per heavy atom. The minimum absolute atomic E-state index is 0.220. The van der Waals surface area contributed by atoms with Crippen molar-refractivity contribution < 1.29 is 0 Å². The molecule has 2 N–H and O–H groups in total. The van der Waals surface area contributed by atoms with E-state index in [2.05, 4.69) is 51.3 Å². The van der Waals surface area contributed by atoms with Crippen LogP contribution in [0.2, 0.25) is 0 Å². The van der Waals surface area contributed by atoms with Crippen LogP contribution >= 0.6 is 11.8 Å². The van der Waals surface area contributed by atoms with E-state index in [1.807, 2.05) is 0 Å². The Balaban J connectivity index is 2.52. The van der Waals surface area contributed by atoms with Crippen molar-refractivity contribution in [3.63, 3.8) is 0 Å². The molecule has 1 aliphatic heterocycles. The lowest BCUT2D eigenvalue weighted by Crippen LogP contribution is -2.50. The summed E-state index contributed by atoms with van der Waals surface area (Å²) in [5, 5.41) is 0. The van der Waals surface area contributed by atoms with E-state index in [-0.39, 0.29) is 11.5 Å². The van der Waals surface area contributed by atoms with Crippen molar-refractivity contribution in [1.82, 2.24) is 4.90 Å². The fourth-order valence-corrected chi connectivity index (χ4v) is 3.15. The second-order valence-electron chi connectivity index (χ2n) is 6.10.